The fourth-order valence-electron chi connectivity index (χ4n) is 2.77. The van der Waals surface area contributed by atoms with Crippen LogP contribution in [-0.2, 0) is 24.3 Å². The number of rotatable bonds is 9. The van der Waals surface area contributed by atoms with E-state index in [2.05, 4.69) is 5.32 Å². The quantitative estimate of drug-likeness (QED) is 0.619. The molecule has 1 saturated heterocycles. The summed E-state index contributed by atoms with van der Waals surface area (Å²) in [4.78, 5) is 24.7. The molecule has 9 nitrogen and oxygen atoms in total. The van der Waals surface area contributed by atoms with E-state index in [-0.39, 0.29) is 23.9 Å². The highest BCUT2D eigenvalue weighted by molar-refractivity contribution is 7.89. The summed E-state index contributed by atoms with van der Waals surface area (Å²) in [5.74, 6) is -1.34. The van der Waals surface area contributed by atoms with Gasteiger partial charge in [0.15, 0.2) is 0 Å². The predicted octanol–water partition coefficient (Wildman–Crippen LogP) is 0.443. The topological polar surface area (TPSA) is 116 Å². The Balaban J connectivity index is 1.98. The third kappa shape index (κ3) is 6.28. The molecule has 2 rings (SSSR count). The zero-order chi connectivity index (χ0) is 19.9. The predicted molar refractivity (Wildman–Crippen MR) is 99.0 cm³/mol. The zero-order valence-electron chi connectivity index (χ0n) is 15.3. The van der Waals surface area contributed by atoms with E-state index in [1.807, 2.05) is 6.92 Å². The number of nitrogens with one attached hydrogen (secondary N) is 1. The lowest BCUT2D eigenvalue weighted by Crippen LogP contribution is -2.40. The maximum Gasteiger partial charge on any atom is 0.317 e. The number of hydrogen-bond donors (Lipinski definition) is 2. The molecule has 0 bridgehead atoms. The average Bonchev–Trinajstić information content (AvgIpc) is 2.62. The molecular formula is C17H25N3O6S. The Morgan fingerprint density at radius 1 is 1.19 bits per heavy atom. The van der Waals surface area contributed by atoms with Crippen LogP contribution in [0.25, 0.3) is 0 Å². The maximum atomic E-state index is 12.6. The molecule has 0 saturated carbocycles. The number of hydrogen-bond acceptors (Lipinski definition) is 6. The number of carbonyl (C=O) groups is 2. The van der Waals surface area contributed by atoms with E-state index in [9.17, 15) is 18.0 Å². The standard InChI is InChI=1S/C17H25N3O6S/c1-2-7-19(13-17(22)23)12-16(21)18-14-3-5-15(6-4-14)27(24,25)20-8-10-26-11-9-20/h3-6H,2,7-13H2,1H3,(H,18,21)(H,22,23). The lowest BCUT2D eigenvalue weighted by atomic mass is 10.3. The number of aliphatic carboxylic acids is 1. The van der Waals surface area contributed by atoms with Gasteiger partial charge in [-0.25, -0.2) is 8.42 Å². The van der Waals surface area contributed by atoms with Crippen LogP contribution in [0.3, 0.4) is 0 Å². The Hall–Kier alpha value is -2.01. The molecule has 1 heterocycles. The summed E-state index contributed by atoms with van der Waals surface area (Å²) in [6.45, 7) is 3.52. The van der Waals surface area contributed by atoms with E-state index in [0.29, 0.717) is 38.5 Å². The first-order chi connectivity index (χ1) is 12.8. The summed E-state index contributed by atoms with van der Waals surface area (Å²) in [6, 6.07) is 5.93. The van der Waals surface area contributed by atoms with Crippen LogP contribution in [0.5, 0.6) is 0 Å². The molecule has 0 unspecified atom stereocenters. The normalized spacial score (nSPS) is 15.6. The number of morpholine rings is 1. The van der Waals surface area contributed by atoms with Gasteiger partial charge >= 0.3 is 5.97 Å². The monoisotopic (exact) mass is 399 g/mol. The summed E-state index contributed by atoms with van der Waals surface area (Å²) in [6.07, 6.45) is 0.731. The fourth-order valence-corrected chi connectivity index (χ4v) is 4.18. The number of carboxylic acid groups (broad SMARTS) is 1. The van der Waals surface area contributed by atoms with Crippen molar-refractivity contribution in [3.05, 3.63) is 24.3 Å². The van der Waals surface area contributed by atoms with E-state index in [1.165, 1.54) is 33.5 Å². The number of ether oxygens (including phenoxy) is 1. The molecule has 0 atom stereocenters. The van der Waals surface area contributed by atoms with Gasteiger partial charge in [-0.15, -0.1) is 0 Å². The van der Waals surface area contributed by atoms with Crippen LogP contribution < -0.4 is 5.32 Å². The molecule has 1 aromatic carbocycles. The Morgan fingerprint density at radius 2 is 1.81 bits per heavy atom. The van der Waals surface area contributed by atoms with Gasteiger partial charge in [0.1, 0.15) is 0 Å². The van der Waals surface area contributed by atoms with Crippen molar-refractivity contribution in [3.8, 4) is 0 Å². The second kappa shape index (κ2) is 9.79. The minimum absolute atomic E-state index is 0.0477. The molecule has 0 radical (unpaired) electrons. The van der Waals surface area contributed by atoms with Gasteiger partial charge in [-0.2, -0.15) is 4.31 Å². The Bertz CT molecular complexity index is 744. The molecule has 0 aliphatic carbocycles. The number of carbonyl (C=O) groups excluding carboxylic acids is 1. The molecular weight excluding hydrogens is 374 g/mol. The van der Waals surface area contributed by atoms with E-state index >= 15 is 0 Å². The molecule has 150 valence electrons. The van der Waals surface area contributed by atoms with Gasteiger partial charge in [-0.1, -0.05) is 6.92 Å². The van der Waals surface area contributed by atoms with Crippen LogP contribution in [0.2, 0.25) is 0 Å². The third-order valence-electron chi connectivity index (χ3n) is 4.01. The van der Waals surface area contributed by atoms with Crippen LogP contribution in [0.15, 0.2) is 29.2 Å². The number of sulfonamides is 1. The number of nitrogens with zero attached hydrogens (tertiary/aromatic N) is 2. The van der Waals surface area contributed by atoms with Crippen LogP contribution in [0, 0.1) is 0 Å². The molecule has 1 aliphatic rings. The van der Waals surface area contributed by atoms with E-state index < -0.39 is 16.0 Å². The molecule has 2 N–H and O–H groups in total. The second-order valence-corrected chi connectivity index (χ2v) is 8.13. The van der Waals surface area contributed by atoms with E-state index in [4.69, 9.17) is 9.84 Å². The van der Waals surface area contributed by atoms with Gasteiger partial charge in [0, 0.05) is 18.8 Å². The summed E-state index contributed by atoms with van der Waals surface area (Å²) in [7, 11) is -3.58. The van der Waals surface area contributed by atoms with Crippen molar-refractivity contribution in [2.75, 3.05) is 51.3 Å². The Kier molecular flexibility index (Phi) is 7.72. The third-order valence-corrected chi connectivity index (χ3v) is 5.92. The lowest BCUT2D eigenvalue weighted by Gasteiger charge is -2.26. The van der Waals surface area contributed by atoms with Gasteiger partial charge in [-0.05, 0) is 37.2 Å². The SMILES string of the molecule is CCCN(CC(=O)O)CC(=O)Nc1ccc(S(=O)(=O)N2CCOCC2)cc1. The molecule has 27 heavy (non-hydrogen) atoms. The first-order valence-electron chi connectivity index (χ1n) is 8.75. The van der Waals surface area contributed by atoms with Crippen molar-refractivity contribution < 1.29 is 27.9 Å². The van der Waals surface area contributed by atoms with Crippen molar-refractivity contribution in [1.82, 2.24) is 9.21 Å². The molecule has 1 amide bonds. The number of benzene rings is 1. The van der Waals surface area contributed by atoms with Crippen molar-refractivity contribution >= 4 is 27.6 Å². The van der Waals surface area contributed by atoms with Crippen molar-refractivity contribution in [3.63, 3.8) is 0 Å². The summed E-state index contributed by atoms with van der Waals surface area (Å²) >= 11 is 0. The smallest absolute Gasteiger partial charge is 0.317 e. The highest BCUT2D eigenvalue weighted by Gasteiger charge is 2.26. The minimum Gasteiger partial charge on any atom is -0.480 e. The first-order valence-corrected chi connectivity index (χ1v) is 10.2. The second-order valence-electron chi connectivity index (χ2n) is 6.19. The van der Waals surface area contributed by atoms with Crippen LogP contribution in [0.4, 0.5) is 5.69 Å². The highest BCUT2D eigenvalue weighted by Crippen LogP contribution is 2.19. The largest absolute Gasteiger partial charge is 0.480 e. The molecule has 10 heteroatoms. The molecule has 1 aromatic rings. The van der Waals surface area contributed by atoms with Crippen LogP contribution in [-0.4, -0.2) is 80.5 Å². The van der Waals surface area contributed by atoms with Crippen molar-refractivity contribution in [2.24, 2.45) is 0 Å². The van der Waals surface area contributed by atoms with Crippen molar-refractivity contribution in [1.29, 1.82) is 0 Å². The first kappa shape index (κ1) is 21.3. The van der Waals surface area contributed by atoms with Crippen molar-refractivity contribution in [2.45, 2.75) is 18.2 Å². The summed E-state index contributed by atoms with van der Waals surface area (Å²) in [5.41, 5.74) is 0.452. The maximum absolute atomic E-state index is 12.6. The molecule has 1 aliphatic heterocycles. The highest BCUT2D eigenvalue weighted by atomic mass is 32.2. The van der Waals surface area contributed by atoms with E-state index in [1.54, 1.807) is 0 Å². The van der Waals surface area contributed by atoms with E-state index in [0.717, 1.165) is 6.42 Å². The zero-order valence-corrected chi connectivity index (χ0v) is 16.1. The van der Waals surface area contributed by atoms with Crippen LogP contribution in [0.1, 0.15) is 13.3 Å². The number of amides is 1. The summed E-state index contributed by atoms with van der Waals surface area (Å²) in [5, 5.41) is 11.5. The number of carboxylic acids is 1. The van der Waals surface area contributed by atoms with Gasteiger partial charge in [0.25, 0.3) is 0 Å². The van der Waals surface area contributed by atoms with Gasteiger partial charge in [0.2, 0.25) is 15.9 Å². The molecule has 1 fully saturated rings. The lowest BCUT2D eigenvalue weighted by molar-refractivity contribution is -0.138. The van der Waals surface area contributed by atoms with Crippen LogP contribution >= 0.6 is 0 Å². The average molecular weight is 399 g/mol. The minimum atomic E-state index is -3.58. The molecule has 0 aromatic heterocycles. The van der Waals surface area contributed by atoms with Gasteiger partial charge in [0.05, 0.1) is 31.2 Å². The fraction of sp³-hybridized carbons (Fsp3) is 0.529. The van der Waals surface area contributed by atoms with Gasteiger partial charge in [-0.3, -0.25) is 14.5 Å². The Labute approximate surface area is 159 Å². The Morgan fingerprint density at radius 3 is 2.37 bits per heavy atom. The molecule has 0 spiro atoms. The summed E-state index contributed by atoms with van der Waals surface area (Å²) < 4.78 is 31.7. The number of anilines is 1. The van der Waals surface area contributed by atoms with Gasteiger partial charge < -0.3 is 15.2 Å².